The molecular formula is C16H22BrNO. The first-order valence-electron chi connectivity index (χ1n) is 7.05. The molecule has 2 atom stereocenters. The van der Waals surface area contributed by atoms with Crippen molar-refractivity contribution in [2.45, 2.75) is 44.9 Å². The molecule has 0 spiro atoms. The molecule has 1 aromatic carbocycles. The molecular weight excluding hydrogens is 302 g/mol. The van der Waals surface area contributed by atoms with Gasteiger partial charge in [0.05, 0.1) is 0 Å². The second kappa shape index (κ2) is 6.08. The van der Waals surface area contributed by atoms with Crippen LogP contribution in [0.1, 0.15) is 49.6 Å². The van der Waals surface area contributed by atoms with Crippen LogP contribution in [0.5, 0.6) is 0 Å². The predicted molar refractivity (Wildman–Crippen MR) is 83.7 cm³/mol. The van der Waals surface area contributed by atoms with Gasteiger partial charge in [-0.25, -0.2) is 0 Å². The number of nitrogens with one attached hydrogen (secondary N) is 1. The van der Waals surface area contributed by atoms with Crippen LogP contribution in [0.25, 0.3) is 0 Å². The van der Waals surface area contributed by atoms with E-state index in [1.54, 1.807) is 0 Å². The van der Waals surface area contributed by atoms with E-state index in [1.165, 1.54) is 11.1 Å². The number of anilines is 1. The Balaban J connectivity index is 2.25. The molecule has 0 saturated carbocycles. The van der Waals surface area contributed by atoms with E-state index in [4.69, 9.17) is 0 Å². The molecule has 2 unspecified atom stereocenters. The minimum atomic E-state index is 0.137. The summed E-state index contributed by atoms with van der Waals surface area (Å²) in [7, 11) is 0. The van der Waals surface area contributed by atoms with E-state index < -0.39 is 0 Å². The molecule has 1 aromatic rings. The number of rotatable bonds is 3. The van der Waals surface area contributed by atoms with Crippen LogP contribution < -0.4 is 5.32 Å². The second-order valence-corrected chi connectivity index (χ2v) is 6.81. The number of halogens is 1. The SMILES string of the molecule is CC(C)C(C)C(Br)c1ccc2c(c1)CCCC(=O)N2. The Hall–Kier alpha value is -0.830. The molecule has 1 N–H and O–H groups in total. The van der Waals surface area contributed by atoms with Crippen molar-refractivity contribution in [3.8, 4) is 0 Å². The molecule has 3 heteroatoms. The predicted octanol–water partition coefficient (Wildman–Crippen LogP) is 4.69. The lowest BCUT2D eigenvalue weighted by Crippen LogP contribution is -2.12. The number of fused-ring (bicyclic) bond motifs is 1. The molecule has 0 aliphatic carbocycles. The fourth-order valence-corrected chi connectivity index (χ4v) is 3.30. The van der Waals surface area contributed by atoms with Crippen molar-refractivity contribution in [1.29, 1.82) is 0 Å². The molecule has 2 nitrogen and oxygen atoms in total. The van der Waals surface area contributed by atoms with Crippen molar-refractivity contribution in [3.63, 3.8) is 0 Å². The number of alkyl halides is 1. The summed E-state index contributed by atoms with van der Waals surface area (Å²) in [6.07, 6.45) is 2.55. The summed E-state index contributed by atoms with van der Waals surface area (Å²) >= 11 is 3.82. The van der Waals surface area contributed by atoms with Gasteiger partial charge in [0.25, 0.3) is 0 Å². The molecule has 0 aromatic heterocycles. The Morgan fingerprint density at radius 2 is 1.95 bits per heavy atom. The van der Waals surface area contributed by atoms with Gasteiger partial charge in [0.2, 0.25) is 5.91 Å². The first kappa shape index (κ1) is 14.6. The van der Waals surface area contributed by atoms with Crippen molar-refractivity contribution >= 4 is 27.5 Å². The Labute approximate surface area is 124 Å². The lowest BCUT2D eigenvalue weighted by atomic mass is 9.90. The molecule has 0 radical (unpaired) electrons. The molecule has 0 fully saturated rings. The van der Waals surface area contributed by atoms with E-state index in [0.29, 0.717) is 23.1 Å². The molecule has 104 valence electrons. The number of carbonyl (C=O) groups is 1. The summed E-state index contributed by atoms with van der Waals surface area (Å²) in [6, 6.07) is 6.43. The van der Waals surface area contributed by atoms with Gasteiger partial charge in [-0.15, -0.1) is 0 Å². The van der Waals surface area contributed by atoms with Crippen LogP contribution in [0.4, 0.5) is 5.69 Å². The van der Waals surface area contributed by atoms with Crippen molar-refractivity contribution in [1.82, 2.24) is 0 Å². The van der Waals surface area contributed by atoms with E-state index in [9.17, 15) is 4.79 Å². The topological polar surface area (TPSA) is 29.1 Å². The average molecular weight is 324 g/mol. The third-order valence-electron chi connectivity index (χ3n) is 4.08. The molecule has 1 aliphatic rings. The van der Waals surface area contributed by atoms with Crippen molar-refractivity contribution in [3.05, 3.63) is 29.3 Å². The zero-order valence-corrected chi connectivity index (χ0v) is 13.5. The molecule has 2 rings (SSSR count). The number of carbonyl (C=O) groups excluding carboxylic acids is 1. The standard InChI is InChI=1S/C16H22BrNO/c1-10(2)11(3)16(17)13-7-8-14-12(9-13)5-4-6-15(19)18-14/h7-11,16H,4-6H2,1-3H3,(H,18,19). The third-order valence-corrected chi connectivity index (χ3v) is 5.45. The van der Waals surface area contributed by atoms with Crippen LogP contribution in [0.2, 0.25) is 0 Å². The lowest BCUT2D eigenvalue weighted by molar-refractivity contribution is -0.116. The van der Waals surface area contributed by atoms with Crippen molar-refractivity contribution in [2.75, 3.05) is 5.32 Å². The smallest absolute Gasteiger partial charge is 0.224 e. The zero-order valence-electron chi connectivity index (χ0n) is 11.9. The van der Waals surface area contributed by atoms with Crippen LogP contribution in [-0.4, -0.2) is 5.91 Å². The number of hydrogen-bond acceptors (Lipinski definition) is 1. The van der Waals surface area contributed by atoms with Gasteiger partial charge in [0.15, 0.2) is 0 Å². The van der Waals surface area contributed by atoms with Crippen LogP contribution in [-0.2, 0) is 11.2 Å². The van der Waals surface area contributed by atoms with Crippen LogP contribution in [0.3, 0.4) is 0 Å². The maximum absolute atomic E-state index is 11.5. The number of hydrogen-bond donors (Lipinski definition) is 1. The normalized spacial score (nSPS) is 18.5. The molecule has 0 saturated heterocycles. The van der Waals surface area contributed by atoms with E-state index in [-0.39, 0.29) is 5.91 Å². The largest absolute Gasteiger partial charge is 0.326 e. The van der Waals surface area contributed by atoms with Crippen LogP contribution in [0.15, 0.2) is 18.2 Å². The number of amides is 1. The van der Waals surface area contributed by atoms with Gasteiger partial charge < -0.3 is 5.32 Å². The Kier molecular flexibility index (Phi) is 4.67. The first-order valence-corrected chi connectivity index (χ1v) is 7.97. The summed E-state index contributed by atoms with van der Waals surface area (Å²) in [5.41, 5.74) is 3.57. The summed E-state index contributed by atoms with van der Waals surface area (Å²) in [6.45, 7) is 6.78. The fourth-order valence-electron chi connectivity index (χ4n) is 2.41. The monoisotopic (exact) mass is 323 g/mol. The van der Waals surface area contributed by atoms with Crippen molar-refractivity contribution < 1.29 is 4.79 Å². The van der Waals surface area contributed by atoms with Gasteiger partial charge in [-0.05, 0) is 41.9 Å². The van der Waals surface area contributed by atoms with Gasteiger partial charge in [-0.1, -0.05) is 48.8 Å². The third kappa shape index (κ3) is 3.38. The van der Waals surface area contributed by atoms with Crippen molar-refractivity contribution in [2.24, 2.45) is 11.8 Å². The summed E-state index contributed by atoms with van der Waals surface area (Å²) in [4.78, 5) is 11.9. The highest BCUT2D eigenvalue weighted by atomic mass is 79.9. The molecule has 0 bridgehead atoms. The van der Waals surface area contributed by atoms with E-state index in [1.807, 2.05) is 0 Å². The van der Waals surface area contributed by atoms with Gasteiger partial charge >= 0.3 is 0 Å². The van der Waals surface area contributed by atoms with Gasteiger partial charge in [-0.3, -0.25) is 4.79 Å². The van der Waals surface area contributed by atoms with Gasteiger partial charge in [-0.2, -0.15) is 0 Å². The maximum atomic E-state index is 11.5. The Bertz CT molecular complexity index is 470. The summed E-state index contributed by atoms with van der Waals surface area (Å²) < 4.78 is 0. The van der Waals surface area contributed by atoms with Gasteiger partial charge in [0, 0.05) is 16.9 Å². The van der Waals surface area contributed by atoms with E-state index in [0.717, 1.165) is 18.5 Å². The van der Waals surface area contributed by atoms with Gasteiger partial charge in [0.1, 0.15) is 0 Å². The van der Waals surface area contributed by atoms with Crippen LogP contribution in [0, 0.1) is 11.8 Å². The highest BCUT2D eigenvalue weighted by molar-refractivity contribution is 9.09. The fraction of sp³-hybridized carbons (Fsp3) is 0.562. The zero-order chi connectivity index (χ0) is 14.0. The van der Waals surface area contributed by atoms with E-state index >= 15 is 0 Å². The van der Waals surface area contributed by atoms with E-state index in [2.05, 4.69) is 60.2 Å². The molecule has 1 amide bonds. The highest BCUT2D eigenvalue weighted by Gasteiger charge is 2.21. The summed E-state index contributed by atoms with van der Waals surface area (Å²) in [5, 5.41) is 2.99. The van der Waals surface area contributed by atoms with Crippen LogP contribution >= 0.6 is 15.9 Å². The quantitative estimate of drug-likeness (QED) is 0.803. The average Bonchev–Trinajstić information content (AvgIpc) is 2.56. The number of benzene rings is 1. The molecule has 1 aliphatic heterocycles. The molecule has 19 heavy (non-hydrogen) atoms. The minimum Gasteiger partial charge on any atom is -0.326 e. The number of aryl methyl sites for hydroxylation is 1. The Morgan fingerprint density at radius 3 is 2.63 bits per heavy atom. The lowest BCUT2D eigenvalue weighted by Gasteiger charge is -2.23. The Morgan fingerprint density at radius 1 is 1.21 bits per heavy atom. The molecule has 1 heterocycles. The minimum absolute atomic E-state index is 0.137. The summed E-state index contributed by atoms with van der Waals surface area (Å²) in [5.74, 6) is 1.36. The maximum Gasteiger partial charge on any atom is 0.224 e. The first-order chi connectivity index (χ1) is 8.99. The highest BCUT2D eigenvalue weighted by Crippen LogP contribution is 2.37. The second-order valence-electron chi connectivity index (χ2n) is 5.82.